The van der Waals surface area contributed by atoms with Crippen LogP contribution in [0, 0.1) is 5.92 Å². The molecule has 0 bridgehead atoms. The molecule has 11 heavy (non-hydrogen) atoms. The highest BCUT2D eigenvalue weighted by Gasteiger charge is 2.07. The first kappa shape index (κ1) is 7.98. The predicted octanol–water partition coefficient (Wildman–Crippen LogP) is 2.05. The van der Waals surface area contributed by atoms with Crippen LogP contribution in [0.15, 0.2) is 29.2 Å². The zero-order valence-corrected chi connectivity index (χ0v) is 6.33. The van der Waals surface area contributed by atoms with E-state index < -0.39 is 0 Å². The van der Waals surface area contributed by atoms with Gasteiger partial charge in [-0.25, -0.2) is 4.39 Å². The third-order valence-corrected chi connectivity index (χ3v) is 1.42. The normalized spacial score (nSPS) is 23.8. The molecule has 1 aliphatic carbocycles. The summed E-state index contributed by atoms with van der Waals surface area (Å²) >= 11 is 0. The molecule has 0 aromatic carbocycles. The molecular formula is C8H10FNO. The average molecular weight is 155 g/mol. The molecule has 0 saturated carbocycles. The van der Waals surface area contributed by atoms with E-state index in [9.17, 15) is 4.39 Å². The molecule has 0 radical (unpaired) electrons. The molecule has 0 fully saturated rings. The maximum Gasteiger partial charge on any atom is 0.106 e. The first-order chi connectivity index (χ1) is 5.33. The second-order valence-corrected chi connectivity index (χ2v) is 2.30. The van der Waals surface area contributed by atoms with E-state index in [1.807, 2.05) is 6.08 Å². The van der Waals surface area contributed by atoms with E-state index >= 15 is 0 Å². The van der Waals surface area contributed by atoms with Gasteiger partial charge in [-0.05, 0) is 6.08 Å². The largest absolute Gasteiger partial charge is 0.399 e. The summed E-state index contributed by atoms with van der Waals surface area (Å²) in [5, 5.41) is 3.56. The quantitative estimate of drug-likeness (QED) is 0.441. The molecule has 0 N–H and O–H groups in total. The smallest absolute Gasteiger partial charge is 0.106 e. The third-order valence-electron chi connectivity index (χ3n) is 1.42. The monoisotopic (exact) mass is 155 g/mol. The number of allylic oxidation sites excluding steroid dienone is 4. The predicted molar refractivity (Wildman–Crippen MR) is 41.9 cm³/mol. The zero-order valence-electron chi connectivity index (χ0n) is 6.33. The van der Waals surface area contributed by atoms with Crippen LogP contribution in [0.3, 0.4) is 0 Å². The molecule has 3 heteroatoms. The van der Waals surface area contributed by atoms with Crippen LogP contribution in [0.2, 0.25) is 0 Å². The summed E-state index contributed by atoms with van der Waals surface area (Å²) in [5.41, 5.74) is 0. The summed E-state index contributed by atoms with van der Waals surface area (Å²) in [6, 6.07) is 0. The molecule has 1 unspecified atom stereocenters. The van der Waals surface area contributed by atoms with Crippen LogP contribution in [-0.2, 0) is 4.84 Å². The summed E-state index contributed by atoms with van der Waals surface area (Å²) in [6.07, 6.45) is 7.00. The summed E-state index contributed by atoms with van der Waals surface area (Å²) in [4.78, 5) is 4.47. The van der Waals surface area contributed by atoms with Crippen molar-refractivity contribution >= 4 is 6.21 Å². The van der Waals surface area contributed by atoms with Crippen molar-refractivity contribution in [2.75, 3.05) is 7.11 Å². The number of halogens is 1. The van der Waals surface area contributed by atoms with Crippen LogP contribution in [0.4, 0.5) is 4.39 Å². The maximum atomic E-state index is 12.6. The fourth-order valence-corrected chi connectivity index (χ4v) is 0.905. The van der Waals surface area contributed by atoms with Crippen LogP contribution in [0.5, 0.6) is 0 Å². The third kappa shape index (κ3) is 2.53. The van der Waals surface area contributed by atoms with Gasteiger partial charge in [0.05, 0.1) is 6.21 Å². The van der Waals surface area contributed by atoms with Crippen molar-refractivity contribution in [1.82, 2.24) is 0 Å². The van der Waals surface area contributed by atoms with Crippen molar-refractivity contribution < 1.29 is 9.23 Å². The van der Waals surface area contributed by atoms with Crippen LogP contribution in [-0.4, -0.2) is 13.3 Å². The van der Waals surface area contributed by atoms with Crippen molar-refractivity contribution in [1.29, 1.82) is 0 Å². The van der Waals surface area contributed by atoms with Crippen molar-refractivity contribution in [3.05, 3.63) is 24.1 Å². The summed E-state index contributed by atoms with van der Waals surface area (Å²) in [7, 11) is 1.47. The van der Waals surface area contributed by atoms with Gasteiger partial charge in [-0.2, -0.15) is 0 Å². The fraction of sp³-hybridized carbons (Fsp3) is 0.375. The Balaban J connectivity index is 2.46. The van der Waals surface area contributed by atoms with E-state index in [1.165, 1.54) is 13.2 Å². The Labute approximate surface area is 65.0 Å². The minimum absolute atomic E-state index is 0.0416. The Morgan fingerprint density at radius 3 is 3.27 bits per heavy atom. The molecule has 1 atom stereocenters. The highest BCUT2D eigenvalue weighted by molar-refractivity contribution is 5.63. The molecule has 1 rings (SSSR count). The number of hydrogen-bond acceptors (Lipinski definition) is 2. The van der Waals surface area contributed by atoms with Gasteiger partial charge in [0.25, 0.3) is 0 Å². The molecule has 0 saturated heterocycles. The van der Waals surface area contributed by atoms with Gasteiger partial charge < -0.3 is 4.84 Å². The SMILES string of the molecule is CO/N=C/C1C=CC=C(F)C1. The van der Waals surface area contributed by atoms with Crippen molar-refractivity contribution in [2.45, 2.75) is 6.42 Å². The zero-order chi connectivity index (χ0) is 8.10. The number of oxime groups is 1. The fourth-order valence-electron chi connectivity index (χ4n) is 0.905. The lowest BCUT2D eigenvalue weighted by Crippen LogP contribution is -2.01. The Hall–Kier alpha value is -1.12. The standard InChI is InChI=1S/C8H10FNO/c1-11-10-6-7-3-2-4-8(9)5-7/h2-4,6-7H,5H2,1H3/b10-6+. The number of rotatable bonds is 2. The highest BCUT2D eigenvalue weighted by Crippen LogP contribution is 2.17. The molecule has 0 amide bonds. The van der Waals surface area contributed by atoms with Gasteiger partial charge in [0.2, 0.25) is 0 Å². The minimum Gasteiger partial charge on any atom is -0.399 e. The van der Waals surface area contributed by atoms with Crippen molar-refractivity contribution in [2.24, 2.45) is 11.1 Å². The Kier molecular flexibility index (Phi) is 2.83. The van der Waals surface area contributed by atoms with Crippen LogP contribution in [0.25, 0.3) is 0 Å². The number of hydrogen-bond donors (Lipinski definition) is 0. The van der Waals surface area contributed by atoms with Crippen LogP contribution >= 0.6 is 0 Å². The van der Waals surface area contributed by atoms with E-state index in [4.69, 9.17) is 0 Å². The summed E-state index contributed by atoms with van der Waals surface area (Å²) in [5.74, 6) is -0.0694. The summed E-state index contributed by atoms with van der Waals surface area (Å²) < 4.78 is 12.6. The summed E-state index contributed by atoms with van der Waals surface area (Å²) in [6.45, 7) is 0. The highest BCUT2D eigenvalue weighted by atomic mass is 19.1. The molecule has 0 aromatic heterocycles. The van der Waals surface area contributed by atoms with E-state index in [-0.39, 0.29) is 11.7 Å². The van der Waals surface area contributed by atoms with Gasteiger partial charge in [0.1, 0.15) is 12.9 Å². The average Bonchev–Trinajstić information content (AvgIpc) is 2.01. The minimum atomic E-state index is -0.111. The van der Waals surface area contributed by atoms with Crippen molar-refractivity contribution in [3.63, 3.8) is 0 Å². The van der Waals surface area contributed by atoms with Gasteiger partial charge in [-0.1, -0.05) is 17.3 Å². The van der Waals surface area contributed by atoms with E-state index in [0.29, 0.717) is 6.42 Å². The lowest BCUT2D eigenvalue weighted by molar-refractivity contribution is 0.213. The van der Waals surface area contributed by atoms with Gasteiger partial charge in [-0.15, -0.1) is 0 Å². The number of nitrogens with zero attached hydrogens (tertiary/aromatic N) is 1. The second-order valence-electron chi connectivity index (χ2n) is 2.30. The van der Waals surface area contributed by atoms with Gasteiger partial charge in [0.15, 0.2) is 0 Å². The Morgan fingerprint density at radius 1 is 1.82 bits per heavy atom. The molecule has 0 spiro atoms. The van der Waals surface area contributed by atoms with Crippen molar-refractivity contribution in [3.8, 4) is 0 Å². The molecule has 0 aromatic rings. The van der Waals surface area contributed by atoms with Crippen LogP contribution < -0.4 is 0 Å². The molecule has 0 aliphatic heterocycles. The van der Waals surface area contributed by atoms with E-state index in [2.05, 4.69) is 9.99 Å². The van der Waals surface area contributed by atoms with E-state index in [1.54, 1.807) is 12.3 Å². The first-order valence-electron chi connectivity index (χ1n) is 3.42. The lowest BCUT2D eigenvalue weighted by atomic mass is 10.0. The molecule has 60 valence electrons. The lowest BCUT2D eigenvalue weighted by Gasteiger charge is -2.07. The van der Waals surface area contributed by atoms with Gasteiger partial charge in [-0.3, -0.25) is 0 Å². The molecular weight excluding hydrogens is 145 g/mol. The first-order valence-corrected chi connectivity index (χ1v) is 3.42. The van der Waals surface area contributed by atoms with Crippen LogP contribution in [0.1, 0.15) is 6.42 Å². The Morgan fingerprint density at radius 2 is 2.64 bits per heavy atom. The Bertz CT molecular complexity index is 208. The maximum absolute atomic E-state index is 12.6. The van der Waals surface area contributed by atoms with Gasteiger partial charge in [0, 0.05) is 12.3 Å². The molecule has 2 nitrogen and oxygen atoms in total. The topological polar surface area (TPSA) is 21.6 Å². The second kappa shape index (κ2) is 3.91. The van der Waals surface area contributed by atoms with Gasteiger partial charge >= 0.3 is 0 Å². The van der Waals surface area contributed by atoms with E-state index in [0.717, 1.165) is 0 Å². The molecule has 1 aliphatic rings. The molecule has 0 heterocycles.